The van der Waals surface area contributed by atoms with Crippen molar-refractivity contribution in [2.75, 3.05) is 0 Å². The summed E-state index contributed by atoms with van der Waals surface area (Å²) in [6, 6.07) is 4.22. The first-order chi connectivity index (χ1) is 13.8. The first-order valence-electron chi connectivity index (χ1n) is 10.5. The molecule has 1 amide bonds. The molecule has 1 aromatic heterocycles. The molecule has 0 radical (unpaired) electrons. The van der Waals surface area contributed by atoms with E-state index in [1.54, 1.807) is 18.2 Å². The van der Waals surface area contributed by atoms with Crippen LogP contribution in [0.1, 0.15) is 63.8 Å². The summed E-state index contributed by atoms with van der Waals surface area (Å²) in [5.41, 5.74) is 0.786. The lowest BCUT2D eigenvalue weighted by Crippen LogP contribution is -2.52. The van der Waals surface area contributed by atoms with Gasteiger partial charge in [-0.05, 0) is 43.9 Å². The first-order valence-corrected chi connectivity index (χ1v) is 12.8. The summed E-state index contributed by atoms with van der Waals surface area (Å²) in [7, 11) is -3.82. The minimum absolute atomic E-state index is 0.130. The number of nitrogens with zero attached hydrogens (tertiary/aromatic N) is 1. The smallest absolute Gasteiger partial charge is 0.241 e. The molecule has 8 heteroatoms. The number of aryl methyl sites for hydroxylation is 1. The fourth-order valence-corrected chi connectivity index (χ4v) is 6.12. The van der Waals surface area contributed by atoms with Gasteiger partial charge in [0.1, 0.15) is 6.04 Å². The van der Waals surface area contributed by atoms with E-state index in [0.717, 1.165) is 40.9 Å². The summed E-state index contributed by atoms with van der Waals surface area (Å²) in [5.74, 6) is -0.392. The second-order valence-corrected chi connectivity index (χ2v) is 11.2. The van der Waals surface area contributed by atoms with Gasteiger partial charge in [-0.2, -0.15) is 4.72 Å². The summed E-state index contributed by atoms with van der Waals surface area (Å²) in [4.78, 5) is 17.5. The van der Waals surface area contributed by atoms with Crippen LogP contribution >= 0.6 is 11.3 Å². The average molecular weight is 438 g/mol. The maximum atomic E-state index is 13.0. The van der Waals surface area contributed by atoms with Crippen molar-refractivity contribution in [2.24, 2.45) is 5.92 Å². The van der Waals surface area contributed by atoms with E-state index in [4.69, 9.17) is 0 Å². The molecule has 0 saturated heterocycles. The summed E-state index contributed by atoms with van der Waals surface area (Å²) in [5, 5.41) is 3.99. The quantitative estimate of drug-likeness (QED) is 0.711. The Kier molecular flexibility index (Phi) is 7.29. The lowest BCUT2D eigenvalue weighted by molar-refractivity contribution is -0.124. The zero-order valence-corrected chi connectivity index (χ0v) is 19.0. The largest absolute Gasteiger partial charge is 0.352 e. The average Bonchev–Trinajstić information content (AvgIpc) is 3.00. The molecule has 0 unspecified atom stereocenters. The summed E-state index contributed by atoms with van der Waals surface area (Å²) in [6.07, 6.45) is 7.81. The third-order valence-corrected chi connectivity index (χ3v) is 7.83. The van der Waals surface area contributed by atoms with E-state index < -0.39 is 16.1 Å². The third-order valence-electron chi connectivity index (χ3n) is 5.46. The van der Waals surface area contributed by atoms with Crippen LogP contribution < -0.4 is 10.0 Å². The van der Waals surface area contributed by atoms with Gasteiger partial charge in [0.05, 0.1) is 20.1 Å². The molecule has 2 aromatic rings. The molecule has 29 heavy (non-hydrogen) atoms. The summed E-state index contributed by atoms with van der Waals surface area (Å²) in [6.45, 7) is 5.62. The van der Waals surface area contributed by atoms with E-state index in [1.165, 1.54) is 30.6 Å². The number of thiazole rings is 1. The Morgan fingerprint density at radius 1 is 1.14 bits per heavy atom. The molecular formula is C21H31N3O3S2. The van der Waals surface area contributed by atoms with E-state index in [0.29, 0.717) is 0 Å². The van der Waals surface area contributed by atoms with Gasteiger partial charge in [-0.25, -0.2) is 13.4 Å². The zero-order valence-electron chi connectivity index (χ0n) is 17.4. The van der Waals surface area contributed by atoms with Gasteiger partial charge in [-0.15, -0.1) is 11.3 Å². The molecule has 6 nitrogen and oxygen atoms in total. The predicted molar refractivity (Wildman–Crippen MR) is 118 cm³/mol. The number of rotatable bonds is 6. The highest BCUT2D eigenvalue weighted by Crippen LogP contribution is 2.25. The number of hydrogen-bond acceptors (Lipinski definition) is 5. The van der Waals surface area contributed by atoms with Gasteiger partial charge in [-0.1, -0.05) is 46.0 Å². The van der Waals surface area contributed by atoms with Crippen LogP contribution in [-0.4, -0.2) is 31.4 Å². The fourth-order valence-electron chi connectivity index (χ4n) is 3.81. The second-order valence-electron chi connectivity index (χ2n) is 8.26. The number of amides is 1. The molecule has 1 atom stereocenters. The molecule has 1 fully saturated rings. The maximum absolute atomic E-state index is 13.0. The van der Waals surface area contributed by atoms with Crippen molar-refractivity contribution in [1.29, 1.82) is 0 Å². The van der Waals surface area contributed by atoms with Crippen molar-refractivity contribution < 1.29 is 13.2 Å². The van der Waals surface area contributed by atoms with Gasteiger partial charge >= 0.3 is 0 Å². The SMILES string of the molecule is Cc1nc2ccc(S(=O)(=O)N[C@H](C(=O)NC3CCCCCCC3)C(C)C)cc2s1. The van der Waals surface area contributed by atoms with Crippen molar-refractivity contribution in [1.82, 2.24) is 15.0 Å². The van der Waals surface area contributed by atoms with Gasteiger partial charge in [0.25, 0.3) is 0 Å². The molecule has 1 aromatic carbocycles. The van der Waals surface area contributed by atoms with Crippen molar-refractivity contribution in [3.05, 3.63) is 23.2 Å². The molecule has 0 aliphatic heterocycles. The number of carbonyl (C=O) groups excluding carboxylic acids is 1. The number of carbonyl (C=O) groups is 1. The molecule has 1 aliphatic carbocycles. The highest BCUT2D eigenvalue weighted by atomic mass is 32.2. The van der Waals surface area contributed by atoms with E-state index in [-0.39, 0.29) is 22.8 Å². The van der Waals surface area contributed by atoms with Gasteiger partial charge < -0.3 is 5.32 Å². The molecule has 0 spiro atoms. The van der Waals surface area contributed by atoms with Crippen LogP contribution in [0.15, 0.2) is 23.1 Å². The Morgan fingerprint density at radius 2 is 1.79 bits per heavy atom. The Bertz CT molecular complexity index is 945. The molecule has 160 valence electrons. The first kappa shape index (κ1) is 22.2. The monoisotopic (exact) mass is 437 g/mol. The van der Waals surface area contributed by atoms with Crippen LogP contribution in [0, 0.1) is 12.8 Å². The topological polar surface area (TPSA) is 88.2 Å². The van der Waals surface area contributed by atoms with E-state index in [9.17, 15) is 13.2 Å². The number of fused-ring (bicyclic) bond motifs is 1. The Balaban J connectivity index is 1.74. The number of aromatic nitrogens is 1. The van der Waals surface area contributed by atoms with Crippen LogP contribution in [0.4, 0.5) is 0 Å². The minimum Gasteiger partial charge on any atom is -0.352 e. The van der Waals surface area contributed by atoms with Crippen LogP contribution in [-0.2, 0) is 14.8 Å². The van der Waals surface area contributed by atoms with Crippen molar-refractivity contribution in [3.63, 3.8) is 0 Å². The third kappa shape index (κ3) is 5.77. The molecule has 2 N–H and O–H groups in total. The highest BCUT2D eigenvalue weighted by molar-refractivity contribution is 7.89. The normalized spacial score (nSPS) is 17.8. The van der Waals surface area contributed by atoms with Crippen molar-refractivity contribution >= 4 is 37.5 Å². The second kappa shape index (κ2) is 9.53. The van der Waals surface area contributed by atoms with Crippen LogP contribution in [0.3, 0.4) is 0 Å². The maximum Gasteiger partial charge on any atom is 0.241 e. The Morgan fingerprint density at radius 3 is 2.45 bits per heavy atom. The lowest BCUT2D eigenvalue weighted by atomic mass is 9.96. The number of benzene rings is 1. The molecular weight excluding hydrogens is 406 g/mol. The van der Waals surface area contributed by atoms with Gasteiger partial charge in [0.15, 0.2) is 0 Å². The zero-order chi connectivity index (χ0) is 21.0. The van der Waals surface area contributed by atoms with Crippen LogP contribution in [0.2, 0.25) is 0 Å². The summed E-state index contributed by atoms with van der Waals surface area (Å²) >= 11 is 1.46. The molecule has 3 rings (SSSR count). The number of sulfonamides is 1. The Hall–Kier alpha value is -1.51. The lowest BCUT2D eigenvalue weighted by Gasteiger charge is -2.26. The Labute approximate surface area is 177 Å². The predicted octanol–water partition coefficient (Wildman–Crippen LogP) is 4.14. The van der Waals surface area contributed by atoms with Crippen molar-refractivity contribution in [3.8, 4) is 0 Å². The fraction of sp³-hybridized carbons (Fsp3) is 0.619. The van der Waals surface area contributed by atoms with E-state index in [2.05, 4.69) is 15.0 Å². The van der Waals surface area contributed by atoms with Gasteiger partial charge in [-0.3, -0.25) is 4.79 Å². The van der Waals surface area contributed by atoms with Gasteiger partial charge in [0, 0.05) is 6.04 Å². The molecule has 1 saturated carbocycles. The summed E-state index contributed by atoms with van der Waals surface area (Å²) < 4.78 is 29.4. The number of hydrogen-bond donors (Lipinski definition) is 2. The molecule has 1 heterocycles. The van der Waals surface area contributed by atoms with Crippen LogP contribution in [0.5, 0.6) is 0 Å². The molecule has 1 aliphatic rings. The van der Waals surface area contributed by atoms with E-state index >= 15 is 0 Å². The van der Waals surface area contributed by atoms with Gasteiger partial charge in [0.2, 0.25) is 15.9 Å². The standard InChI is InChI=1S/C21H31N3O3S2/c1-14(2)20(21(25)23-16-9-7-5-4-6-8-10-16)24-29(26,27)17-11-12-18-19(13-17)28-15(3)22-18/h11-14,16,20,24H,4-10H2,1-3H3,(H,23,25)/t20-/m0/s1. The highest BCUT2D eigenvalue weighted by Gasteiger charge is 2.30. The van der Waals surface area contributed by atoms with E-state index in [1.807, 2.05) is 20.8 Å². The number of nitrogens with one attached hydrogen (secondary N) is 2. The van der Waals surface area contributed by atoms with Crippen LogP contribution in [0.25, 0.3) is 10.2 Å². The van der Waals surface area contributed by atoms with Crippen molar-refractivity contribution in [2.45, 2.75) is 82.7 Å². The molecule has 0 bridgehead atoms. The minimum atomic E-state index is -3.82.